The Morgan fingerprint density at radius 3 is 2.23 bits per heavy atom. The van der Waals surface area contributed by atoms with Crippen LogP contribution in [0.3, 0.4) is 0 Å². The summed E-state index contributed by atoms with van der Waals surface area (Å²) < 4.78 is 5.01. The van der Waals surface area contributed by atoms with E-state index in [2.05, 4.69) is 20.9 Å². The zero-order valence-electron chi connectivity index (χ0n) is 6.95. The number of hydrogen-bond donors (Lipinski definition) is 0. The number of ether oxygens (including phenoxy) is 1. The van der Waals surface area contributed by atoms with Gasteiger partial charge in [-0.2, -0.15) is 0 Å². The van der Waals surface area contributed by atoms with Crippen molar-refractivity contribution in [3.05, 3.63) is 24.3 Å². The summed E-state index contributed by atoms with van der Waals surface area (Å²) in [7, 11) is 1.62. The minimum atomic E-state index is 0.789. The van der Waals surface area contributed by atoms with Gasteiger partial charge in [0.25, 0.3) is 0 Å². The minimum absolute atomic E-state index is 0.789. The van der Waals surface area contributed by atoms with Crippen LogP contribution in [-0.2, 0) is 0 Å². The van der Waals surface area contributed by atoms with Crippen molar-refractivity contribution in [3.8, 4) is 11.4 Å². The number of methoxy groups -OCH3 is 1. The van der Waals surface area contributed by atoms with E-state index in [-0.39, 0.29) is 0 Å². The van der Waals surface area contributed by atoms with Gasteiger partial charge in [0.2, 0.25) is 0 Å². The van der Waals surface area contributed by atoms with Crippen molar-refractivity contribution in [2.75, 3.05) is 7.11 Å². The third kappa shape index (κ3) is 1.46. The van der Waals surface area contributed by atoms with Gasteiger partial charge in [-0.25, -0.2) is 0 Å². The molecule has 2 rings (SSSR count). The second-order valence-corrected chi connectivity index (χ2v) is 2.35. The van der Waals surface area contributed by atoms with Gasteiger partial charge in [0.15, 0.2) is 0 Å². The van der Waals surface area contributed by atoms with Crippen LogP contribution in [0.1, 0.15) is 0 Å². The molecule has 0 N–H and O–H groups in total. The summed E-state index contributed by atoms with van der Waals surface area (Å²) in [5, 5.41) is 14.0. The van der Waals surface area contributed by atoms with Gasteiger partial charge in [-0.3, -0.25) is 0 Å². The van der Waals surface area contributed by atoms with Crippen LogP contribution in [0.4, 0.5) is 0 Å². The Hall–Kier alpha value is -1.98. The SMILES string of the molecule is COc1ccc(-n2nnnn2)cc1. The normalized spacial score (nSPS) is 9.92. The van der Waals surface area contributed by atoms with Gasteiger partial charge in [0.05, 0.1) is 12.8 Å². The standard InChI is InChI=1S/C7H7N5O/c1-13-7-4-2-6(3-5-7)12-10-8-9-11-12/h2-5H,1H3. The highest BCUT2D eigenvalue weighted by Gasteiger charge is 1.98. The Morgan fingerprint density at radius 1 is 1.08 bits per heavy atom. The fourth-order valence-corrected chi connectivity index (χ4v) is 0.948. The number of hydrogen-bond acceptors (Lipinski definition) is 5. The zero-order chi connectivity index (χ0) is 9.10. The van der Waals surface area contributed by atoms with Crippen molar-refractivity contribution in [2.24, 2.45) is 0 Å². The molecule has 0 bridgehead atoms. The lowest BCUT2D eigenvalue weighted by Gasteiger charge is -1.99. The molecule has 1 aromatic carbocycles. The molecule has 0 aliphatic heterocycles. The predicted molar refractivity (Wildman–Crippen MR) is 43.5 cm³/mol. The zero-order valence-corrected chi connectivity index (χ0v) is 6.95. The lowest BCUT2D eigenvalue weighted by molar-refractivity contribution is 0.414. The molecule has 2 aromatic rings. The molecule has 0 amide bonds. The average molecular weight is 177 g/mol. The van der Waals surface area contributed by atoms with E-state index in [1.807, 2.05) is 24.3 Å². The maximum atomic E-state index is 5.01. The van der Waals surface area contributed by atoms with Crippen molar-refractivity contribution < 1.29 is 4.74 Å². The van der Waals surface area contributed by atoms with Crippen LogP contribution in [0.25, 0.3) is 5.69 Å². The van der Waals surface area contributed by atoms with E-state index in [0.717, 1.165) is 11.4 Å². The molecule has 0 atom stereocenters. The highest BCUT2D eigenvalue weighted by atomic mass is 16.5. The summed E-state index contributed by atoms with van der Waals surface area (Å²) in [6.07, 6.45) is 0. The van der Waals surface area contributed by atoms with Crippen LogP contribution in [0.2, 0.25) is 0 Å². The molecule has 1 heterocycles. The van der Waals surface area contributed by atoms with Crippen molar-refractivity contribution in [1.29, 1.82) is 0 Å². The van der Waals surface area contributed by atoms with Gasteiger partial charge < -0.3 is 4.74 Å². The Kier molecular flexibility index (Phi) is 1.87. The van der Waals surface area contributed by atoms with Crippen molar-refractivity contribution in [1.82, 2.24) is 25.7 Å². The summed E-state index contributed by atoms with van der Waals surface area (Å²) >= 11 is 0. The Labute approximate surface area is 74.1 Å². The quantitative estimate of drug-likeness (QED) is 0.649. The van der Waals surface area contributed by atoms with Gasteiger partial charge in [0.1, 0.15) is 5.75 Å². The van der Waals surface area contributed by atoms with E-state index < -0.39 is 0 Å². The second kappa shape index (κ2) is 3.18. The van der Waals surface area contributed by atoms with E-state index in [1.54, 1.807) is 7.11 Å². The summed E-state index contributed by atoms with van der Waals surface area (Å²) in [5.41, 5.74) is 0.797. The van der Waals surface area contributed by atoms with Crippen molar-refractivity contribution >= 4 is 0 Å². The van der Waals surface area contributed by atoms with E-state index in [1.165, 1.54) is 4.80 Å². The Balaban J connectivity index is 2.33. The van der Waals surface area contributed by atoms with Crippen LogP contribution in [0.15, 0.2) is 24.3 Å². The van der Waals surface area contributed by atoms with Crippen LogP contribution in [-0.4, -0.2) is 32.8 Å². The monoisotopic (exact) mass is 177 g/mol. The number of nitrogens with zero attached hydrogens (tertiary/aromatic N) is 5. The number of benzene rings is 1. The van der Waals surface area contributed by atoms with E-state index in [4.69, 9.17) is 4.74 Å². The summed E-state index contributed by atoms with van der Waals surface area (Å²) in [4.78, 5) is 1.33. The van der Waals surface area contributed by atoms with E-state index in [9.17, 15) is 0 Å². The van der Waals surface area contributed by atoms with Gasteiger partial charge in [-0.1, -0.05) is 0 Å². The van der Waals surface area contributed by atoms with Gasteiger partial charge in [-0.05, 0) is 45.1 Å². The maximum absolute atomic E-state index is 5.01. The predicted octanol–water partition coefficient (Wildman–Crippen LogP) is 0.0659. The first-order valence-corrected chi connectivity index (χ1v) is 3.66. The summed E-state index contributed by atoms with van der Waals surface area (Å²) in [6.45, 7) is 0. The van der Waals surface area contributed by atoms with Crippen LogP contribution < -0.4 is 4.74 Å². The van der Waals surface area contributed by atoms with Crippen LogP contribution in [0.5, 0.6) is 5.75 Å². The highest BCUT2D eigenvalue weighted by molar-refractivity contribution is 5.35. The molecule has 0 spiro atoms. The highest BCUT2D eigenvalue weighted by Crippen LogP contribution is 2.12. The van der Waals surface area contributed by atoms with Crippen LogP contribution in [0, 0.1) is 0 Å². The molecular weight excluding hydrogens is 170 g/mol. The average Bonchev–Trinajstić information content (AvgIpc) is 2.71. The number of aromatic nitrogens is 5. The minimum Gasteiger partial charge on any atom is -0.497 e. The first kappa shape index (κ1) is 7.66. The smallest absolute Gasteiger partial charge is 0.119 e. The Morgan fingerprint density at radius 2 is 1.69 bits per heavy atom. The fourth-order valence-electron chi connectivity index (χ4n) is 0.948. The first-order valence-electron chi connectivity index (χ1n) is 3.66. The largest absolute Gasteiger partial charge is 0.497 e. The van der Waals surface area contributed by atoms with Gasteiger partial charge in [-0.15, -0.1) is 4.80 Å². The molecule has 0 aliphatic rings. The fraction of sp³-hybridized carbons (Fsp3) is 0.143. The molecular formula is C7H7N5O. The number of rotatable bonds is 2. The second-order valence-electron chi connectivity index (χ2n) is 2.35. The third-order valence-electron chi connectivity index (χ3n) is 1.59. The summed E-state index contributed by atoms with van der Waals surface area (Å²) in [6, 6.07) is 7.28. The molecule has 0 saturated carbocycles. The third-order valence-corrected chi connectivity index (χ3v) is 1.59. The molecule has 13 heavy (non-hydrogen) atoms. The Bertz CT molecular complexity index is 368. The molecule has 6 nitrogen and oxygen atoms in total. The molecule has 0 aliphatic carbocycles. The van der Waals surface area contributed by atoms with Gasteiger partial charge >= 0.3 is 0 Å². The van der Waals surface area contributed by atoms with Gasteiger partial charge in [0, 0.05) is 0 Å². The van der Waals surface area contributed by atoms with Crippen molar-refractivity contribution in [3.63, 3.8) is 0 Å². The molecule has 0 radical (unpaired) electrons. The maximum Gasteiger partial charge on any atom is 0.119 e. The molecule has 6 heteroatoms. The molecule has 66 valence electrons. The van der Waals surface area contributed by atoms with E-state index in [0.29, 0.717) is 0 Å². The summed E-state index contributed by atoms with van der Waals surface area (Å²) in [5.74, 6) is 0.789. The lowest BCUT2D eigenvalue weighted by Crippen LogP contribution is -1.98. The molecule has 1 aromatic heterocycles. The van der Waals surface area contributed by atoms with E-state index >= 15 is 0 Å². The van der Waals surface area contributed by atoms with Crippen LogP contribution >= 0.6 is 0 Å². The molecule has 0 fully saturated rings. The molecule has 0 unspecified atom stereocenters. The molecule has 0 saturated heterocycles. The topological polar surface area (TPSA) is 65.7 Å². The first-order chi connectivity index (χ1) is 6.40. The van der Waals surface area contributed by atoms with Crippen molar-refractivity contribution in [2.45, 2.75) is 0 Å². The lowest BCUT2D eigenvalue weighted by atomic mass is 10.3.